The molecule has 2 aromatic carbocycles. The number of fused-ring (bicyclic) bond motifs is 1. The van der Waals surface area contributed by atoms with Crippen molar-refractivity contribution in [3.05, 3.63) is 63.7 Å². The molecule has 0 aliphatic carbocycles. The van der Waals surface area contributed by atoms with E-state index in [9.17, 15) is 10.1 Å². The van der Waals surface area contributed by atoms with E-state index in [0.29, 0.717) is 0 Å². The number of rotatable bonds is 3. The van der Waals surface area contributed by atoms with E-state index in [1.165, 1.54) is 16.5 Å². The van der Waals surface area contributed by atoms with E-state index in [1.54, 1.807) is 12.1 Å². The first-order chi connectivity index (χ1) is 9.65. The highest BCUT2D eigenvalue weighted by Gasteiger charge is 2.23. The summed E-state index contributed by atoms with van der Waals surface area (Å²) in [5.41, 5.74) is 3.24. The summed E-state index contributed by atoms with van der Waals surface area (Å²) in [4.78, 5) is 11.8. The molecule has 1 unspecified atom stereocenters. The van der Waals surface area contributed by atoms with Crippen molar-refractivity contribution < 1.29 is 4.92 Å². The lowest BCUT2D eigenvalue weighted by Gasteiger charge is -2.16. The number of thioether (sulfide) groups is 1. The number of benzene rings is 2. The fraction of sp³-hybridized carbons (Fsp3) is 0.200. The van der Waals surface area contributed by atoms with Gasteiger partial charge in [0.25, 0.3) is 5.69 Å². The van der Waals surface area contributed by atoms with Gasteiger partial charge in [-0.1, -0.05) is 24.3 Å². The zero-order valence-electron chi connectivity index (χ0n) is 11.0. The topological polar surface area (TPSA) is 55.2 Å². The third-order valence-electron chi connectivity index (χ3n) is 3.46. The van der Waals surface area contributed by atoms with Crippen LogP contribution >= 0.6 is 11.8 Å². The molecule has 102 valence electrons. The van der Waals surface area contributed by atoms with Crippen LogP contribution in [0.3, 0.4) is 0 Å². The fourth-order valence-electron chi connectivity index (χ4n) is 2.35. The molecule has 1 N–H and O–H groups in total. The molecule has 0 spiro atoms. The van der Waals surface area contributed by atoms with Gasteiger partial charge >= 0.3 is 0 Å². The van der Waals surface area contributed by atoms with Crippen LogP contribution in [0.15, 0.2) is 47.4 Å². The van der Waals surface area contributed by atoms with Crippen molar-refractivity contribution in [2.75, 3.05) is 11.1 Å². The highest BCUT2D eigenvalue weighted by Crippen LogP contribution is 2.40. The highest BCUT2D eigenvalue weighted by atomic mass is 32.2. The van der Waals surface area contributed by atoms with Gasteiger partial charge in [-0.3, -0.25) is 10.1 Å². The molecular formula is C15H14N2O2S. The smallest absolute Gasteiger partial charge is 0.271 e. The Labute approximate surface area is 121 Å². The minimum atomic E-state index is -0.359. The standard InChI is InChI=1S/C15H14N2O2S/c1-10-6-7-11(17(18)19)8-13(10)16-14-9-20-15-5-3-2-4-12(14)15/h2-8,14,16H,9H2,1H3. The maximum Gasteiger partial charge on any atom is 0.271 e. The SMILES string of the molecule is Cc1ccc([N+](=O)[O-])cc1NC1CSc2ccccc21. The number of hydrogen-bond donors (Lipinski definition) is 1. The summed E-state index contributed by atoms with van der Waals surface area (Å²) < 4.78 is 0. The molecule has 0 fully saturated rings. The van der Waals surface area contributed by atoms with Crippen LogP contribution in [0.25, 0.3) is 0 Å². The maximum atomic E-state index is 10.9. The van der Waals surface area contributed by atoms with Crippen molar-refractivity contribution in [2.45, 2.75) is 17.9 Å². The van der Waals surface area contributed by atoms with E-state index in [2.05, 4.69) is 17.4 Å². The molecule has 1 aliphatic rings. The molecule has 0 radical (unpaired) electrons. The van der Waals surface area contributed by atoms with Crippen LogP contribution in [0.2, 0.25) is 0 Å². The van der Waals surface area contributed by atoms with Crippen molar-refractivity contribution in [1.29, 1.82) is 0 Å². The van der Waals surface area contributed by atoms with Gasteiger partial charge in [0.1, 0.15) is 0 Å². The molecule has 1 aliphatic heterocycles. The molecule has 20 heavy (non-hydrogen) atoms. The highest BCUT2D eigenvalue weighted by molar-refractivity contribution is 7.99. The van der Waals surface area contributed by atoms with Gasteiger partial charge in [0.05, 0.1) is 11.0 Å². The molecule has 1 atom stereocenters. The van der Waals surface area contributed by atoms with Crippen LogP contribution in [0.5, 0.6) is 0 Å². The van der Waals surface area contributed by atoms with Gasteiger partial charge in [0.15, 0.2) is 0 Å². The summed E-state index contributed by atoms with van der Waals surface area (Å²) in [5, 5.41) is 14.3. The van der Waals surface area contributed by atoms with E-state index in [-0.39, 0.29) is 16.7 Å². The minimum absolute atomic E-state index is 0.122. The first-order valence-electron chi connectivity index (χ1n) is 6.38. The van der Waals surface area contributed by atoms with Crippen molar-refractivity contribution in [3.63, 3.8) is 0 Å². The van der Waals surface area contributed by atoms with Crippen LogP contribution in [-0.4, -0.2) is 10.7 Å². The molecule has 3 rings (SSSR count). The molecule has 2 aromatic rings. The predicted molar refractivity (Wildman–Crippen MR) is 81.4 cm³/mol. The zero-order chi connectivity index (χ0) is 14.1. The summed E-state index contributed by atoms with van der Waals surface area (Å²) in [6, 6.07) is 13.4. The van der Waals surface area contributed by atoms with Gasteiger partial charge in [-0.05, 0) is 24.1 Å². The number of non-ortho nitro benzene ring substituents is 1. The Morgan fingerprint density at radius 2 is 2.10 bits per heavy atom. The Morgan fingerprint density at radius 1 is 1.30 bits per heavy atom. The molecule has 0 saturated heterocycles. The van der Waals surface area contributed by atoms with E-state index in [0.717, 1.165) is 17.0 Å². The first kappa shape index (κ1) is 13.0. The normalized spacial score (nSPS) is 16.8. The average molecular weight is 286 g/mol. The Kier molecular flexibility index (Phi) is 3.36. The molecular weight excluding hydrogens is 272 g/mol. The van der Waals surface area contributed by atoms with E-state index >= 15 is 0 Å². The van der Waals surface area contributed by atoms with Crippen molar-refractivity contribution >= 4 is 23.1 Å². The third kappa shape index (κ3) is 2.36. The van der Waals surface area contributed by atoms with Crippen LogP contribution in [0, 0.1) is 17.0 Å². The lowest BCUT2D eigenvalue weighted by molar-refractivity contribution is -0.384. The lowest BCUT2D eigenvalue weighted by atomic mass is 10.1. The van der Waals surface area contributed by atoms with Crippen molar-refractivity contribution in [1.82, 2.24) is 0 Å². The second-order valence-corrected chi connectivity index (χ2v) is 5.86. The van der Waals surface area contributed by atoms with Crippen molar-refractivity contribution in [3.8, 4) is 0 Å². The van der Waals surface area contributed by atoms with E-state index < -0.39 is 0 Å². The van der Waals surface area contributed by atoms with Gasteiger partial charge < -0.3 is 5.32 Å². The molecule has 0 amide bonds. The van der Waals surface area contributed by atoms with Gasteiger partial charge in [0, 0.05) is 28.5 Å². The van der Waals surface area contributed by atoms with E-state index in [4.69, 9.17) is 0 Å². The summed E-state index contributed by atoms with van der Waals surface area (Å²) in [5.74, 6) is 0.946. The Hall–Kier alpha value is -2.01. The number of nitro benzene ring substituents is 1. The number of hydrogen-bond acceptors (Lipinski definition) is 4. The van der Waals surface area contributed by atoms with Crippen LogP contribution in [0.1, 0.15) is 17.2 Å². The van der Waals surface area contributed by atoms with Gasteiger partial charge in [-0.25, -0.2) is 0 Å². The lowest BCUT2D eigenvalue weighted by Crippen LogP contribution is -2.10. The van der Waals surface area contributed by atoms with Gasteiger partial charge in [0.2, 0.25) is 0 Å². The summed E-state index contributed by atoms with van der Waals surface area (Å²) in [6.45, 7) is 1.96. The van der Waals surface area contributed by atoms with Crippen LogP contribution in [0.4, 0.5) is 11.4 Å². The first-order valence-corrected chi connectivity index (χ1v) is 7.37. The number of nitrogens with zero attached hydrogens (tertiary/aromatic N) is 1. The molecule has 0 aromatic heterocycles. The number of anilines is 1. The van der Waals surface area contributed by atoms with Crippen LogP contribution < -0.4 is 5.32 Å². The zero-order valence-corrected chi connectivity index (χ0v) is 11.8. The molecule has 1 heterocycles. The second-order valence-electron chi connectivity index (χ2n) is 4.80. The molecule has 0 bridgehead atoms. The van der Waals surface area contributed by atoms with Crippen molar-refractivity contribution in [2.24, 2.45) is 0 Å². The quantitative estimate of drug-likeness (QED) is 0.680. The van der Waals surface area contributed by atoms with E-state index in [1.807, 2.05) is 30.8 Å². The monoisotopic (exact) mass is 286 g/mol. The second kappa shape index (κ2) is 5.17. The Morgan fingerprint density at radius 3 is 2.90 bits per heavy atom. The third-order valence-corrected chi connectivity index (χ3v) is 4.64. The number of nitrogens with one attached hydrogen (secondary N) is 1. The Balaban J connectivity index is 1.89. The fourth-order valence-corrected chi connectivity index (χ4v) is 3.51. The number of aryl methyl sites for hydroxylation is 1. The summed E-state index contributed by atoms with van der Waals surface area (Å²) in [7, 11) is 0. The minimum Gasteiger partial charge on any atom is -0.377 e. The number of nitro groups is 1. The van der Waals surface area contributed by atoms with Gasteiger partial charge in [-0.15, -0.1) is 11.8 Å². The molecule has 0 saturated carbocycles. The summed E-state index contributed by atoms with van der Waals surface area (Å²) in [6.07, 6.45) is 0. The van der Waals surface area contributed by atoms with Gasteiger partial charge in [-0.2, -0.15) is 0 Å². The average Bonchev–Trinajstić information content (AvgIpc) is 2.84. The van der Waals surface area contributed by atoms with Crippen LogP contribution in [-0.2, 0) is 0 Å². The maximum absolute atomic E-state index is 10.9. The largest absolute Gasteiger partial charge is 0.377 e. The summed E-state index contributed by atoms with van der Waals surface area (Å²) >= 11 is 1.82. The molecule has 4 nitrogen and oxygen atoms in total. The Bertz CT molecular complexity index is 673. The molecule has 5 heteroatoms. The predicted octanol–water partition coefficient (Wildman–Crippen LogP) is 4.16.